The summed E-state index contributed by atoms with van der Waals surface area (Å²) in [5.41, 5.74) is 2.63. The molecule has 2 aliphatic carbocycles. The highest BCUT2D eigenvalue weighted by atomic mass is 17.0. The number of hydrogen-bond donors (Lipinski definition) is 0. The predicted molar refractivity (Wildman–Crippen MR) is 114 cm³/mol. The van der Waals surface area contributed by atoms with Crippen LogP contribution in [-0.2, 0) is 14.4 Å². The molecule has 0 aromatic heterocycles. The minimum atomic E-state index is -0.589. The second-order valence-corrected chi connectivity index (χ2v) is 9.81. The van der Waals surface area contributed by atoms with E-state index in [0.717, 1.165) is 25.9 Å². The van der Waals surface area contributed by atoms with Crippen LogP contribution in [0.3, 0.4) is 0 Å². The maximum Gasteiger partial charge on any atom is 0.191 e. The van der Waals surface area contributed by atoms with Gasteiger partial charge in [0.05, 0.1) is 18.2 Å². The quantitative estimate of drug-likeness (QED) is 0.665. The van der Waals surface area contributed by atoms with Crippen LogP contribution in [0.1, 0.15) is 68.4 Å². The molecule has 0 spiro atoms. The van der Waals surface area contributed by atoms with Crippen molar-refractivity contribution in [3.8, 4) is 0 Å². The molecular formula is C26H31NO3. The van der Waals surface area contributed by atoms with Gasteiger partial charge in [0, 0.05) is 30.6 Å². The van der Waals surface area contributed by atoms with Crippen molar-refractivity contribution in [2.24, 2.45) is 5.92 Å². The predicted octanol–water partition coefficient (Wildman–Crippen LogP) is 5.57. The average Bonchev–Trinajstić information content (AvgIpc) is 2.99. The Morgan fingerprint density at radius 3 is 2.33 bits per heavy atom. The zero-order chi connectivity index (χ0) is 20.2. The molecule has 158 valence electrons. The molecular weight excluding hydrogens is 374 g/mol. The van der Waals surface area contributed by atoms with Crippen LogP contribution < -0.4 is 0 Å². The molecule has 7 atom stereocenters. The summed E-state index contributed by atoms with van der Waals surface area (Å²) in [6.45, 7) is 3.02. The van der Waals surface area contributed by atoms with E-state index in [1.165, 1.54) is 30.4 Å². The Hall–Kier alpha value is -1.72. The van der Waals surface area contributed by atoms with Gasteiger partial charge in [-0.3, -0.25) is 4.84 Å². The fourth-order valence-electron chi connectivity index (χ4n) is 6.47. The lowest BCUT2D eigenvalue weighted by Gasteiger charge is -2.59. The standard InChI is InChI=1S/C26H31NO3/c1-25-21-16-26(30-27(25)28-18-21,17-23(25)20-12-6-3-7-13-20)29-24-15-9-8-14-22(24)19-10-4-2-5-11-19/h2-7,10-13,21-24H,8-9,14-18H2,1H3/t21-,22+,23-,24-,25+,26-/m0/s1. The van der Waals surface area contributed by atoms with Crippen molar-refractivity contribution in [1.29, 1.82) is 0 Å². The van der Waals surface area contributed by atoms with E-state index in [1.807, 2.05) is 5.23 Å². The van der Waals surface area contributed by atoms with Gasteiger partial charge in [-0.05, 0) is 30.9 Å². The Balaban J connectivity index is 1.32. The highest BCUT2D eigenvalue weighted by molar-refractivity contribution is 5.28. The molecule has 3 aliphatic heterocycles. The first-order chi connectivity index (χ1) is 14.7. The number of fused-ring (bicyclic) bond motifs is 1. The Labute approximate surface area is 179 Å². The van der Waals surface area contributed by atoms with Gasteiger partial charge in [0.25, 0.3) is 0 Å². The molecule has 3 heterocycles. The Morgan fingerprint density at radius 2 is 1.60 bits per heavy atom. The molecule has 4 heteroatoms. The monoisotopic (exact) mass is 405 g/mol. The van der Waals surface area contributed by atoms with Crippen LogP contribution in [0.4, 0.5) is 0 Å². The summed E-state index contributed by atoms with van der Waals surface area (Å²) in [6.07, 6.45) is 6.80. The normalized spacial score (nSPS) is 42.4. The van der Waals surface area contributed by atoms with Crippen LogP contribution in [0, 0.1) is 5.92 Å². The van der Waals surface area contributed by atoms with Crippen molar-refractivity contribution < 1.29 is 14.4 Å². The highest BCUT2D eigenvalue weighted by Crippen LogP contribution is 2.61. The van der Waals surface area contributed by atoms with Crippen LogP contribution in [-0.4, -0.2) is 29.3 Å². The number of hydrogen-bond acceptors (Lipinski definition) is 4. The molecule has 2 aromatic rings. The third-order valence-corrected chi connectivity index (χ3v) is 8.14. The zero-order valence-corrected chi connectivity index (χ0v) is 17.7. The van der Waals surface area contributed by atoms with Gasteiger partial charge in [-0.2, -0.15) is 0 Å². The van der Waals surface area contributed by atoms with Gasteiger partial charge >= 0.3 is 0 Å². The summed E-state index contributed by atoms with van der Waals surface area (Å²) >= 11 is 0. The van der Waals surface area contributed by atoms with Gasteiger partial charge in [-0.15, -0.1) is 0 Å². The Morgan fingerprint density at radius 1 is 0.900 bits per heavy atom. The molecule has 4 nitrogen and oxygen atoms in total. The van der Waals surface area contributed by atoms with Crippen LogP contribution in [0.5, 0.6) is 0 Å². The van der Waals surface area contributed by atoms with E-state index in [4.69, 9.17) is 14.4 Å². The fourth-order valence-corrected chi connectivity index (χ4v) is 6.47. The summed E-state index contributed by atoms with van der Waals surface area (Å²) in [5, 5.41) is 1.81. The van der Waals surface area contributed by atoms with Crippen molar-refractivity contribution in [1.82, 2.24) is 5.23 Å². The second-order valence-electron chi connectivity index (χ2n) is 9.81. The number of ether oxygens (including phenoxy) is 1. The number of benzene rings is 2. The third kappa shape index (κ3) is 2.89. The first-order valence-electron chi connectivity index (χ1n) is 11.6. The van der Waals surface area contributed by atoms with Gasteiger partial charge in [0.2, 0.25) is 0 Å². The van der Waals surface area contributed by atoms with E-state index >= 15 is 0 Å². The first-order valence-corrected chi connectivity index (χ1v) is 11.6. The van der Waals surface area contributed by atoms with E-state index in [2.05, 4.69) is 67.6 Å². The summed E-state index contributed by atoms with van der Waals surface area (Å²) in [5.74, 6) is 0.613. The van der Waals surface area contributed by atoms with E-state index in [1.54, 1.807) is 0 Å². The fraction of sp³-hybridized carbons (Fsp3) is 0.538. The lowest BCUT2D eigenvalue weighted by atomic mass is 9.62. The van der Waals surface area contributed by atoms with Crippen molar-refractivity contribution >= 4 is 0 Å². The summed E-state index contributed by atoms with van der Waals surface area (Å²) in [6, 6.07) is 21.8. The van der Waals surface area contributed by atoms with Crippen molar-refractivity contribution in [3.63, 3.8) is 0 Å². The van der Waals surface area contributed by atoms with Crippen LogP contribution >= 0.6 is 0 Å². The largest absolute Gasteiger partial charge is 0.344 e. The van der Waals surface area contributed by atoms with E-state index < -0.39 is 5.79 Å². The summed E-state index contributed by atoms with van der Waals surface area (Å²) < 4.78 is 7.01. The lowest BCUT2D eigenvalue weighted by Crippen LogP contribution is -2.67. The van der Waals surface area contributed by atoms with Crippen LogP contribution in [0.15, 0.2) is 60.7 Å². The van der Waals surface area contributed by atoms with Crippen molar-refractivity contribution in [2.75, 3.05) is 6.61 Å². The van der Waals surface area contributed by atoms with Crippen molar-refractivity contribution in [2.45, 2.75) is 74.7 Å². The Kier molecular flexibility index (Phi) is 4.54. The summed E-state index contributed by atoms with van der Waals surface area (Å²) in [4.78, 5) is 12.5. The molecule has 2 aromatic carbocycles. The van der Waals surface area contributed by atoms with Gasteiger partial charge in [-0.1, -0.05) is 78.7 Å². The van der Waals surface area contributed by atoms with Gasteiger partial charge in [0.1, 0.15) is 0 Å². The summed E-state index contributed by atoms with van der Waals surface area (Å²) in [7, 11) is 0. The molecule has 0 radical (unpaired) electrons. The van der Waals surface area contributed by atoms with Gasteiger partial charge < -0.3 is 4.74 Å². The van der Waals surface area contributed by atoms with Crippen molar-refractivity contribution in [3.05, 3.63) is 71.8 Å². The van der Waals surface area contributed by atoms with E-state index in [9.17, 15) is 0 Å². The molecule has 30 heavy (non-hydrogen) atoms. The van der Waals surface area contributed by atoms with Gasteiger partial charge in [0.15, 0.2) is 5.79 Å². The average molecular weight is 406 g/mol. The van der Waals surface area contributed by atoms with Gasteiger partial charge in [-0.25, -0.2) is 4.84 Å². The first kappa shape index (κ1) is 19.0. The number of hydroxylamine groups is 2. The molecule has 0 N–H and O–H groups in total. The van der Waals surface area contributed by atoms with E-state index in [0.29, 0.717) is 17.8 Å². The number of rotatable bonds is 4. The Bertz CT molecular complexity index is 872. The molecule has 7 rings (SSSR count). The maximum absolute atomic E-state index is 7.01. The number of nitrogens with zero attached hydrogens (tertiary/aromatic N) is 1. The topological polar surface area (TPSA) is 30.9 Å². The molecule has 0 amide bonds. The SMILES string of the molecule is C[C@]12[C@@H]3CON1O[C@@](O[C@H]1CCCC[C@@H]1c1ccccc1)(C3)C[C@H]2c1ccccc1. The zero-order valence-electron chi connectivity index (χ0n) is 17.7. The highest BCUT2D eigenvalue weighted by Gasteiger charge is 2.68. The second kappa shape index (κ2) is 7.16. The maximum atomic E-state index is 7.01. The smallest absolute Gasteiger partial charge is 0.191 e. The molecule has 2 saturated carbocycles. The third-order valence-electron chi connectivity index (χ3n) is 8.14. The van der Waals surface area contributed by atoms with Crippen LogP contribution in [0.25, 0.3) is 0 Å². The molecule has 3 saturated heterocycles. The molecule has 1 unspecified atom stereocenters. The van der Waals surface area contributed by atoms with E-state index in [-0.39, 0.29) is 11.6 Å². The molecule has 5 fully saturated rings. The molecule has 4 bridgehead atoms. The lowest BCUT2D eigenvalue weighted by molar-refractivity contribution is -0.506. The minimum absolute atomic E-state index is 0.127. The van der Waals surface area contributed by atoms with Crippen LogP contribution in [0.2, 0.25) is 0 Å². The molecule has 5 aliphatic rings. The minimum Gasteiger partial charge on any atom is -0.344 e.